The summed E-state index contributed by atoms with van der Waals surface area (Å²) in [5, 5.41) is 0. The molecule has 1 rings (SSSR count). The maximum atomic E-state index is 5.88. The number of anilines is 1. The summed E-state index contributed by atoms with van der Waals surface area (Å²) in [6, 6.07) is 5.91. The van der Waals surface area contributed by atoms with E-state index in [0.29, 0.717) is 0 Å². The minimum Gasteiger partial charge on any atom is -0.491 e. The van der Waals surface area contributed by atoms with Crippen LogP contribution in [0.25, 0.3) is 0 Å². The van der Waals surface area contributed by atoms with Crippen molar-refractivity contribution in [3.63, 3.8) is 0 Å². The second kappa shape index (κ2) is 7.17. The van der Waals surface area contributed by atoms with Crippen molar-refractivity contribution >= 4 is 5.69 Å². The Morgan fingerprint density at radius 3 is 2.53 bits per heavy atom. The van der Waals surface area contributed by atoms with Crippen LogP contribution in [0.2, 0.25) is 0 Å². The van der Waals surface area contributed by atoms with E-state index in [9.17, 15) is 0 Å². The molecule has 0 unspecified atom stereocenters. The van der Waals surface area contributed by atoms with E-state index in [1.54, 1.807) is 0 Å². The first kappa shape index (κ1) is 13.8. The largest absolute Gasteiger partial charge is 0.491 e. The monoisotopic (exact) mass is 236 g/mol. The minimum atomic E-state index is 0.726. The Balaban J connectivity index is 2.31. The SMILES string of the molecule is CCN(CC)CCCOc1ccc(C)cc1N. The molecule has 0 saturated heterocycles. The molecule has 0 atom stereocenters. The fourth-order valence-corrected chi connectivity index (χ4v) is 1.81. The molecule has 1 aromatic rings. The van der Waals surface area contributed by atoms with Gasteiger partial charge in [-0.25, -0.2) is 0 Å². The average Bonchev–Trinajstić information content (AvgIpc) is 2.32. The van der Waals surface area contributed by atoms with Gasteiger partial charge in [0.1, 0.15) is 5.75 Å². The highest BCUT2D eigenvalue weighted by Crippen LogP contribution is 2.22. The molecule has 96 valence electrons. The molecular weight excluding hydrogens is 212 g/mol. The van der Waals surface area contributed by atoms with E-state index >= 15 is 0 Å². The number of nitrogens with zero attached hydrogens (tertiary/aromatic N) is 1. The fraction of sp³-hybridized carbons (Fsp3) is 0.571. The van der Waals surface area contributed by atoms with Gasteiger partial charge in [-0.05, 0) is 44.1 Å². The van der Waals surface area contributed by atoms with Gasteiger partial charge in [-0.2, -0.15) is 0 Å². The summed E-state index contributed by atoms with van der Waals surface area (Å²) in [6.45, 7) is 10.4. The zero-order chi connectivity index (χ0) is 12.7. The Bertz CT molecular complexity index is 335. The van der Waals surface area contributed by atoms with Crippen LogP contribution in [0.5, 0.6) is 5.75 Å². The van der Waals surface area contributed by atoms with Crippen LogP contribution in [0.1, 0.15) is 25.8 Å². The highest BCUT2D eigenvalue weighted by atomic mass is 16.5. The lowest BCUT2D eigenvalue weighted by Crippen LogP contribution is -2.25. The molecule has 0 radical (unpaired) electrons. The Morgan fingerprint density at radius 2 is 1.94 bits per heavy atom. The van der Waals surface area contributed by atoms with Crippen LogP contribution >= 0.6 is 0 Å². The minimum absolute atomic E-state index is 0.726. The van der Waals surface area contributed by atoms with Crippen LogP contribution in [-0.4, -0.2) is 31.1 Å². The van der Waals surface area contributed by atoms with Crippen molar-refractivity contribution in [2.24, 2.45) is 0 Å². The molecule has 3 nitrogen and oxygen atoms in total. The summed E-state index contributed by atoms with van der Waals surface area (Å²) in [4.78, 5) is 2.39. The van der Waals surface area contributed by atoms with Gasteiger partial charge in [-0.15, -0.1) is 0 Å². The first-order valence-corrected chi connectivity index (χ1v) is 6.38. The number of benzene rings is 1. The third-order valence-electron chi connectivity index (χ3n) is 2.94. The molecule has 0 amide bonds. The van der Waals surface area contributed by atoms with Crippen LogP contribution in [-0.2, 0) is 0 Å². The van der Waals surface area contributed by atoms with Crippen LogP contribution in [0.15, 0.2) is 18.2 Å². The Labute approximate surface area is 105 Å². The molecule has 0 saturated carbocycles. The van der Waals surface area contributed by atoms with E-state index in [-0.39, 0.29) is 0 Å². The standard InChI is InChI=1S/C14H24N2O/c1-4-16(5-2)9-6-10-17-14-8-7-12(3)11-13(14)15/h7-8,11H,4-6,9-10,15H2,1-3H3. The Hall–Kier alpha value is -1.22. The van der Waals surface area contributed by atoms with Gasteiger partial charge in [0.15, 0.2) is 0 Å². The first-order chi connectivity index (χ1) is 8.17. The van der Waals surface area contributed by atoms with Gasteiger partial charge in [-0.1, -0.05) is 19.9 Å². The molecule has 0 spiro atoms. The number of nitrogen functional groups attached to an aromatic ring is 1. The van der Waals surface area contributed by atoms with Gasteiger partial charge in [0.25, 0.3) is 0 Å². The van der Waals surface area contributed by atoms with E-state index in [1.807, 2.05) is 25.1 Å². The third-order valence-corrected chi connectivity index (χ3v) is 2.94. The highest BCUT2D eigenvalue weighted by molar-refractivity contribution is 5.53. The second-order valence-corrected chi connectivity index (χ2v) is 4.27. The molecule has 1 aromatic carbocycles. The lowest BCUT2D eigenvalue weighted by atomic mass is 10.2. The molecule has 0 heterocycles. The molecule has 0 aliphatic carbocycles. The van der Waals surface area contributed by atoms with E-state index in [1.165, 1.54) is 0 Å². The average molecular weight is 236 g/mol. The molecule has 0 fully saturated rings. The quantitative estimate of drug-likeness (QED) is 0.584. The van der Waals surface area contributed by atoms with Gasteiger partial charge in [0.05, 0.1) is 12.3 Å². The molecule has 0 aliphatic heterocycles. The van der Waals surface area contributed by atoms with Gasteiger partial charge < -0.3 is 15.4 Å². The third kappa shape index (κ3) is 4.65. The van der Waals surface area contributed by atoms with E-state index in [4.69, 9.17) is 10.5 Å². The molecule has 3 heteroatoms. The summed E-state index contributed by atoms with van der Waals surface area (Å²) < 4.78 is 5.68. The smallest absolute Gasteiger partial charge is 0.142 e. The van der Waals surface area contributed by atoms with Crippen molar-refractivity contribution in [3.05, 3.63) is 23.8 Å². The summed E-state index contributed by atoms with van der Waals surface area (Å²) >= 11 is 0. The van der Waals surface area contributed by atoms with Crippen molar-refractivity contribution < 1.29 is 4.74 Å². The zero-order valence-electron chi connectivity index (χ0n) is 11.2. The predicted octanol–water partition coefficient (Wildman–Crippen LogP) is 2.69. The maximum Gasteiger partial charge on any atom is 0.142 e. The summed E-state index contributed by atoms with van der Waals surface area (Å²) in [7, 11) is 0. The van der Waals surface area contributed by atoms with Crippen molar-refractivity contribution in [2.45, 2.75) is 27.2 Å². The molecule has 2 N–H and O–H groups in total. The number of rotatable bonds is 7. The van der Waals surface area contributed by atoms with Gasteiger partial charge in [0.2, 0.25) is 0 Å². The highest BCUT2D eigenvalue weighted by Gasteiger charge is 2.01. The number of hydrogen-bond acceptors (Lipinski definition) is 3. The van der Waals surface area contributed by atoms with E-state index in [0.717, 1.165) is 49.7 Å². The molecule has 0 bridgehead atoms. The van der Waals surface area contributed by atoms with Crippen LogP contribution < -0.4 is 10.5 Å². The lowest BCUT2D eigenvalue weighted by Gasteiger charge is -2.18. The number of ether oxygens (including phenoxy) is 1. The Kier molecular flexibility index (Phi) is 5.84. The maximum absolute atomic E-state index is 5.88. The summed E-state index contributed by atoms with van der Waals surface area (Å²) in [6.07, 6.45) is 1.04. The second-order valence-electron chi connectivity index (χ2n) is 4.27. The Morgan fingerprint density at radius 1 is 1.24 bits per heavy atom. The summed E-state index contributed by atoms with van der Waals surface area (Å²) in [5.41, 5.74) is 7.77. The molecule has 0 aliphatic rings. The van der Waals surface area contributed by atoms with Crippen LogP contribution in [0.4, 0.5) is 5.69 Å². The van der Waals surface area contributed by atoms with E-state index in [2.05, 4.69) is 18.7 Å². The number of hydrogen-bond donors (Lipinski definition) is 1. The topological polar surface area (TPSA) is 38.5 Å². The van der Waals surface area contributed by atoms with Crippen molar-refractivity contribution in [1.29, 1.82) is 0 Å². The van der Waals surface area contributed by atoms with Crippen LogP contribution in [0.3, 0.4) is 0 Å². The fourth-order valence-electron chi connectivity index (χ4n) is 1.81. The normalized spacial score (nSPS) is 10.8. The zero-order valence-corrected chi connectivity index (χ0v) is 11.2. The number of aryl methyl sites for hydroxylation is 1. The van der Waals surface area contributed by atoms with Gasteiger partial charge in [0, 0.05) is 6.54 Å². The number of nitrogens with two attached hydrogens (primary N) is 1. The van der Waals surface area contributed by atoms with Crippen LogP contribution in [0, 0.1) is 6.92 Å². The molecular formula is C14H24N2O. The van der Waals surface area contributed by atoms with Gasteiger partial charge >= 0.3 is 0 Å². The molecule has 17 heavy (non-hydrogen) atoms. The first-order valence-electron chi connectivity index (χ1n) is 6.38. The predicted molar refractivity (Wildman–Crippen MR) is 73.5 cm³/mol. The van der Waals surface area contributed by atoms with Crippen molar-refractivity contribution in [3.8, 4) is 5.75 Å². The van der Waals surface area contributed by atoms with E-state index < -0.39 is 0 Å². The lowest BCUT2D eigenvalue weighted by molar-refractivity contribution is 0.250. The summed E-state index contributed by atoms with van der Waals surface area (Å²) in [5.74, 6) is 0.801. The van der Waals surface area contributed by atoms with Crippen molar-refractivity contribution in [2.75, 3.05) is 32.0 Å². The van der Waals surface area contributed by atoms with Gasteiger partial charge in [-0.3, -0.25) is 0 Å². The molecule has 0 aromatic heterocycles. The van der Waals surface area contributed by atoms with Crippen molar-refractivity contribution in [1.82, 2.24) is 4.90 Å².